The molecule has 1 aromatic rings. The highest BCUT2D eigenvalue weighted by Gasteiger charge is 2.36. The lowest BCUT2D eigenvalue weighted by Crippen LogP contribution is -2.30. The van der Waals surface area contributed by atoms with Crippen LogP contribution in [-0.4, -0.2) is 47.0 Å². The fourth-order valence-electron chi connectivity index (χ4n) is 2.00. The monoisotopic (exact) mass is 359 g/mol. The van der Waals surface area contributed by atoms with E-state index in [9.17, 15) is 18.4 Å². The lowest BCUT2D eigenvalue weighted by atomic mass is 10.2. The Morgan fingerprint density at radius 3 is 2.61 bits per heavy atom. The maximum Gasteiger partial charge on any atom is 0.288 e. The number of amides is 2. The highest BCUT2D eigenvalue weighted by atomic mass is 32.2. The summed E-state index contributed by atoms with van der Waals surface area (Å²) < 4.78 is 24.5. The first-order valence-electron chi connectivity index (χ1n) is 6.66. The zero-order valence-electron chi connectivity index (χ0n) is 12.5. The molecule has 2 rings (SSSR count). The summed E-state index contributed by atoms with van der Waals surface area (Å²) >= 11 is 1.70. The van der Waals surface area contributed by atoms with Crippen LogP contribution in [-0.2, 0) is 9.59 Å². The maximum atomic E-state index is 12.2. The van der Waals surface area contributed by atoms with Crippen LogP contribution >= 0.6 is 23.5 Å². The molecule has 1 aromatic carbocycles. The van der Waals surface area contributed by atoms with E-state index in [-0.39, 0.29) is 18.2 Å². The number of carbonyl (C=O) groups excluding carboxylic acids is 2. The van der Waals surface area contributed by atoms with Crippen molar-refractivity contribution in [1.29, 1.82) is 0 Å². The largest absolute Gasteiger partial charge is 0.326 e. The van der Waals surface area contributed by atoms with Gasteiger partial charge in [-0.2, -0.15) is 8.78 Å². The number of benzene rings is 1. The van der Waals surface area contributed by atoms with Gasteiger partial charge in [0.25, 0.3) is 5.76 Å². The molecule has 1 saturated heterocycles. The molecule has 1 fully saturated rings. The highest BCUT2D eigenvalue weighted by molar-refractivity contribution is 8.15. The number of hydrogen-bond acceptors (Lipinski definition) is 5. The van der Waals surface area contributed by atoms with E-state index in [1.54, 1.807) is 26.2 Å². The summed E-state index contributed by atoms with van der Waals surface area (Å²) in [6.07, 6.45) is 0.0282. The van der Waals surface area contributed by atoms with Gasteiger partial charge in [0.1, 0.15) is 5.25 Å². The van der Waals surface area contributed by atoms with Gasteiger partial charge in [-0.3, -0.25) is 19.5 Å². The Morgan fingerprint density at radius 2 is 2.09 bits per heavy atom. The van der Waals surface area contributed by atoms with Crippen molar-refractivity contribution in [3.63, 3.8) is 0 Å². The van der Waals surface area contributed by atoms with Crippen molar-refractivity contribution in [2.45, 2.75) is 22.3 Å². The number of thioether (sulfide) groups is 2. The fraction of sp³-hybridized carbons (Fsp3) is 0.357. The summed E-state index contributed by atoms with van der Waals surface area (Å²) in [5.74, 6) is -2.95. The SMILES string of the molecule is CN=C1S[C@@H](CC(=O)Nc2ccc(SC(F)F)cc2)C(=O)N1C. The van der Waals surface area contributed by atoms with Crippen molar-refractivity contribution < 1.29 is 18.4 Å². The molecule has 0 radical (unpaired) electrons. The predicted molar refractivity (Wildman–Crippen MR) is 89.1 cm³/mol. The lowest BCUT2D eigenvalue weighted by Gasteiger charge is -2.09. The number of nitrogens with zero attached hydrogens (tertiary/aromatic N) is 2. The third kappa shape index (κ3) is 4.68. The average molecular weight is 359 g/mol. The van der Waals surface area contributed by atoms with E-state index in [0.29, 0.717) is 27.5 Å². The van der Waals surface area contributed by atoms with Crippen molar-refractivity contribution in [3.8, 4) is 0 Å². The van der Waals surface area contributed by atoms with Crippen LogP contribution in [0.3, 0.4) is 0 Å². The van der Waals surface area contributed by atoms with Gasteiger partial charge in [0.15, 0.2) is 5.17 Å². The molecule has 0 unspecified atom stereocenters. The van der Waals surface area contributed by atoms with Gasteiger partial charge in [-0.1, -0.05) is 23.5 Å². The van der Waals surface area contributed by atoms with Gasteiger partial charge in [0.2, 0.25) is 11.8 Å². The van der Waals surface area contributed by atoms with Crippen LogP contribution in [0.15, 0.2) is 34.2 Å². The summed E-state index contributed by atoms with van der Waals surface area (Å²) in [5, 5.41) is 2.75. The van der Waals surface area contributed by atoms with E-state index < -0.39 is 11.0 Å². The summed E-state index contributed by atoms with van der Waals surface area (Å²) in [7, 11) is 3.21. The van der Waals surface area contributed by atoms with Gasteiger partial charge in [-0.25, -0.2) is 0 Å². The molecule has 0 aromatic heterocycles. The molecule has 0 bridgehead atoms. The van der Waals surface area contributed by atoms with Crippen molar-refractivity contribution in [2.75, 3.05) is 19.4 Å². The second-order valence-electron chi connectivity index (χ2n) is 4.67. The Balaban J connectivity index is 1.91. The van der Waals surface area contributed by atoms with Crippen molar-refractivity contribution in [2.24, 2.45) is 4.99 Å². The van der Waals surface area contributed by atoms with Crippen LogP contribution in [0.2, 0.25) is 0 Å². The Kier molecular flexibility index (Phi) is 6.00. The molecular weight excluding hydrogens is 344 g/mol. The second kappa shape index (κ2) is 7.78. The quantitative estimate of drug-likeness (QED) is 0.821. The molecule has 5 nitrogen and oxygen atoms in total. The summed E-state index contributed by atoms with van der Waals surface area (Å²) in [6.45, 7) is 0. The van der Waals surface area contributed by atoms with Crippen LogP contribution in [0, 0.1) is 0 Å². The number of anilines is 1. The second-order valence-corrected chi connectivity index (χ2v) is 6.90. The topological polar surface area (TPSA) is 61.8 Å². The molecule has 0 saturated carbocycles. The molecule has 1 heterocycles. The molecule has 1 aliphatic rings. The number of hydrogen-bond donors (Lipinski definition) is 1. The smallest absolute Gasteiger partial charge is 0.288 e. The summed E-state index contributed by atoms with van der Waals surface area (Å²) in [4.78, 5) is 29.8. The molecule has 0 aliphatic carbocycles. The first-order chi connectivity index (χ1) is 10.9. The average Bonchev–Trinajstić information content (AvgIpc) is 2.76. The standard InChI is InChI=1S/C14H15F2N3O2S2/c1-17-14-19(2)12(21)10(23-14)7-11(20)18-8-3-5-9(6-4-8)22-13(15)16/h3-6,10,13H,7H2,1-2H3,(H,18,20)/t10-/m0/s1. The number of aliphatic imine (C=N–C) groups is 1. The predicted octanol–water partition coefficient (Wildman–Crippen LogP) is 2.89. The van der Waals surface area contributed by atoms with Crippen molar-refractivity contribution in [1.82, 2.24) is 4.90 Å². The molecular formula is C14H15F2N3O2S2. The minimum absolute atomic E-state index is 0.0282. The zero-order chi connectivity index (χ0) is 17.0. The van der Waals surface area contributed by atoms with Gasteiger partial charge < -0.3 is 5.32 Å². The van der Waals surface area contributed by atoms with Crippen LogP contribution in [0.4, 0.5) is 14.5 Å². The third-order valence-corrected chi connectivity index (χ3v) is 5.11. The van der Waals surface area contributed by atoms with Crippen molar-refractivity contribution in [3.05, 3.63) is 24.3 Å². The van der Waals surface area contributed by atoms with Crippen LogP contribution in [0.25, 0.3) is 0 Å². The Hall–Kier alpha value is -1.61. The van der Waals surface area contributed by atoms with Gasteiger partial charge in [0.05, 0.1) is 0 Å². The van der Waals surface area contributed by atoms with Gasteiger partial charge in [-0.05, 0) is 24.3 Å². The van der Waals surface area contributed by atoms with Crippen LogP contribution in [0.1, 0.15) is 6.42 Å². The van der Waals surface area contributed by atoms with Gasteiger partial charge >= 0.3 is 0 Å². The van der Waals surface area contributed by atoms with E-state index in [0.717, 1.165) is 0 Å². The number of alkyl halides is 2. The number of nitrogens with one attached hydrogen (secondary N) is 1. The first-order valence-corrected chi connectivity index (χ1v) is 8.42. The molecule has 9 heteroatoms. The van der Waals surface area contributed by atoms with Gasteiger partial charge in [-0.15, -0.1) is 0 Å². The molecule has 1 atom stereocenters. The van der Waals surface area contributed by atoms with E-state index in [1.165, 1.54) is 28.8 Å². The Morgan fingerprint density at radius 1 is 1.43 bits per heavy atom. The maximum absolute atomic E-state index is 12.2. The van der Waals surface area contributed by atoms with E-state index in [2.05, 4.69) is 10.3 Å². The summed E-state index contributed by atoms with van der Waals surface area (Å²) in [5.41, 5.74) is 0.502. The molecule has 2 amide bonds. The minimum Gasteiger partial charge on any atom is -0.326 e. The molecule has 124 valence electrons. The van der Waals surface area contributed by atoms with E-state index in [1.807, 2.05) is 0 Å². The molecule has 23 heavy (non-hydrogen) atoms. The summed E-state index contributed by atoms with van der Waals surface area (Å²) in [6, 6.07) is 6.13. The molecule has 0 spiro atoms. The van der Waals surface area contributed by atoms with Gasteiger partial charge in [0, 0.05) is 31.1 Å². The number of amidine groups is 1. The Labute approximate surface area is 140 Å². The molecule has 1 N–H and O–H groups in total. The highest BCUT2D eigenvalue weighted by Crippen LogP contribution is 2.29. The van der Waals surface area contributed by atoms with Crippen LogP contribution < -0.4 is 5.32 Å². The van der Waals surface area contributed by atoms with Crippen LogP contribution in [0.5, 0.6) is 0 Å². The Bertz CT molecular complexity index is 623. The molecule has 1 aliphatic heterocycles. The third-order valence-electron chi connectivity index (χ3n) is 3.07. The fourth-order valence-corrected chi connectivity index (χ4v) is 3.60. The lowest BCUT2D eigenvalue weighted by molar-refractivity contribution is -0.127. The van der Waals surface area contributed by atoms with Crippen molar-refractivity contribution >= 4 is 46.2 Å². The van der Waals surface area contributed by atoms with E-state index >= 15 is 0 Å². The normalized spacial score (nSPS) is 19.7. The van der Waals surface area contributed by atoms with E-state index in [4.69, 9.17) is 0 Å². The first kappa shape index (κ1) is 17.7. The number of rotatable bonds is 5. The zero-order valence-corrected chi connectivity index (χ0v) is 14.1. The number of carbonyl (C=O) groups is 2. The minimum atomic E-state index is -2.48. The number of halogens is 2.